The van der Waals surface area contributed by atoms with Crippen molar-refractivity contribution in [3.05, 3.63) is 35.9 Å². The van der Waals surface area contributed by atoms with Crippen molar-refractivity contribution in [2.75, 3.05) is 0 Å². The van der Waals surface area contributed by atoms with Gasteiger partial charge in [0.1, 0.15) is 0 Å². The monoisotopic (exact) mass is 246 g/mol. The lowest BCUT2D eigenvalue weighted by Gasteiger charge is -2.18. The number of hydrogen-bond acceptors (Lipinski definition) is 0. The van der Waals surface area contributed by atoms with E-state index in [1.807, 2.05) is 0 Å². The van der Waals surface area contributed by atoms with E-state index in [1.165, 1.54) is 44.1 Å². The molecule has 18 heavy (non-hydrogen) atoms. The zero-order valence-corrected chi connectivity index (χ0v) is 12.7. The van der Waals surface area contributed by atoms with E-state index < -0.39 is 0 Å². The molecule has 0 atom stereocenters. The van der Waals surface area contributed by atoms with Crippen LogP contribution in [0.4, 0.5) is 0 Å². The van der Waals surface area contributed by atoms with Gasteiger partial charge in [-0.15, -0.1) is 0 Å². The van der Waals surface area contributed by atoms with Crippen LogP contribution in [0.2, 0.25) is 0 Å². The Bertz CT molecular complexity index is 299. The van der Waals surface area contributed by atoms with E-state index in [-0.39, 0.29) is 0 Å². The van der Waals surface area contributed by atoms with Crippen molar-refractivity contribution in [1.29, 1.82) is 0 Å². The normalized spacial score (nSPS) is 16.9. The highest BCUT2D eigenvalue weighted by Gasteiger charge is 2.11. The predicted molar refractivity (Wildman–Crippen MR) is 82.0 cm³/mol. The van der Waals surface area contributed by atoms with Gasteiger partial charge >= 0.3 is 0 Å². The topological polar surface area (TPSA) is 0 Å². The lowest BCUT2D eigenvalue weighted by molar-refractivity contribution is 0.349. The third kappa shape index (κ3) is 5.71. The van der Waals surface area contributed by atoms with Gasteiger partial charge in [-0.3, -0.25) is 0 Å². The standard InChI is InChI=1S/C10H14.C8H16/c1-10(2,3)9-7-5-4-6-8-9;1-2-8-6-4-3-5-7-8/h4-8H,1-3H3;8H,2-7H2,1H3. The summed E-state index contributed by atoms with van der Waals surface area (Å²) < 4.78 is 0. The molecular formula is C18H30. The van der Waals surface area contributed by atoms with Crippen molar-refractivity contribution >= 4 is 0 Å². The van der Waals surface area contributed by atoms with E-state index in [0.717, 1.165) is 5.92 Å². The lowest BCUT2D eigenvalue weighted by atomic mass is 9.87. The summed E-state index contributed by atoms with van der Waals surface area (Å²) in [7, 11) is 0. The highest BCUT2D eigenvalue weighted by Crippen LogP contribution is 2.25. The molecule has 0 N–H and O–H groups in total. The van der Waals surface area contributed by atoms with Crippen LogP contribution in [0, 0.1) is 5.92 Å². The smallest absolute Gasteiger partial charge is 0.0132 e. The second-order valence-corrected chi connectivity index (χ2v) is 6.53. The quantitative estimate of drug-likeness (QED) is 0.573. The Hall–Kier alpha value is -0.780. The number of benzene rings is 1. The van der Waals surface area contributed by atoms with Crippen molar-refractivity contribution in [2.24, 2.45) is 5.92 Å². The minimum Gasteiger partial charge on any atom is -0.0651 e. The average molecular weight is 246 g/mol. The van der Waals surface area contributed by atoms with Gasteiger partial charge in [-0.2, -0.15) is 0 Å². The molecule has 1 aliphatic carbocycles. The van der Waals surface area contributed by atoms with Crippen LogP contribution < -0.4 is 0 Å². The molecule has 0 saturated heterocycles. The number of hydrogen-bond donors (Lipinski definition) is 0. The zero-order chi connectivity index (χ0) is 13.4. The molecule has 0 aliphatic heterocycles. The van der Waals surface area contributed by atoms with Crippen LogP contribution in [-0.4, -0.2) is 0 Å². The third-order valence-electron chi connectivity index (χ3n) is 3.94. The van der Waals surface area contributed by atoms with Gasteiger partial charge in [-0.1, -0.05) is 96.6 Å². The summed E-state index contributed by atoms with van der Waals surface area (Å²) in [4.78, 5) is 0. The maximum absolute atomic E-state index is 2.32. The highest BCUT2D eigenvalue weighted by molar-refractivity contribution is 5.21. The fourth-order valence-electron chi connectivity index (χ4n) is 2.53. The summed E-state index contributed by atoms with van der Waals surface area (Å²) in [5.74, 6) is 1.09. The maximum atomic E-state index is 2.32. The summed E-state index contributed by atoms with van der Waals surface area (Å²) >= 11 is 0. The van der Waals surface area contributed by atoms with Crippen molar-refractivity contribution in [3.63, 3.8) is 0 Å². The SMILES string of the molecule is CC(C)(C)c1ccccc1.CCC1CCCCC1. The Morgan fingerprint density at radius 1 is 0.944 bits per heavy atom. The minimum atomic E-state index is 0.293. The Morgan fingerprint density at radius 2 is 1.50 bits per heavy atom. The molecule has 102 valence electrons. The summed E-state index contributed by atoms with van der Waals surface area (Å²) in [5, 5.41) is 0. The summed E-state index contributed by atoms with van der Waals surface area (Å²) in [6.45, 7) is 8.99. The van der Waals surface area contributed by atoms with Crippen LogP contribution in [0.3, 0.4) is 0 Å². The summed E-state index contributed by atoms with van der Waals surface area (Å²) in [6, 6.07) is 10.6. The molecule has 1 aromatic rings. The van der Waals surface area contributed by atoms with Crippen LogP contribution >= 0.6 is 0 Å². The molecule has 0 spiro atoms. The average Bonchev–Trinajstić information content (AvgIpc) is 2.40. The van der Waals surface area contributed by atoms with Crippen LogP contribution in [0.15, 0.2) is 30.3 Å². The molecule has 0 amide bonds. The van der Waals surface area contributed by atoms with Gasteiger partial charge in [-0.25, -0.2) is 0 Å². The predicted octanol–water partition coefficient (Wildman–Crippen LogP) is 5.96. The minimum absolute atomic E-state index is 0.293. The molecule has 0 heteroatoms. The summed E-state index contributed by atoms with van der Waals surface area (Å²) in [6.07, 6.45) is 8.93. The second-order valence-electron chi connectivity index (χ2n) is 6.53. The van der Waals surface area contributed by atoms with E-state index in [1.54, 1.807) is 0 Å². The van der Waals surface area contributed by atoms with E-state index in [2.05, 4.69) is 58.0 Å². The van der Waals surface area contributed by atoms with E-state index in [4.69, 9.17) is 0 Å². The second kappa shape index (κ2) is 7.61. The van der Waals surface area contributed by atoms with Gasteiger partial charge in [0.25, 0.3) is 0 Å². The summed E-state index contributed by atoms with van der Waals surface area (Å²) in [5.41, 5.74) is 1.69. The largest absolute Gasteiger partial charge is 0.0651 e. The molecule has 0 heterocycles. The molecule has 1 saturated carbocycles. The van der Waals surface area contributed by atoms with E-state index >= 15 is 0 Å². The Morgan fingerprint density at radius 3 is 1.83 bits per heavy atom. The van der Waals surface area contributed by atoms with Crippen LogP contribution in [-0.2, 0) is 5.41 Å². The number of rotatable bonds is 1. The first-order chi connectivity index (χ1) is 8.54. The molecule has 1 aromatic carbocycles. The molecule has 0 aromatic heterocycles. The highest BCUT2D eigenvalue weighted by atomic mass is 14.2. The first kappa shape index (κ1) is 15.3. The fourth-order valence-corrected chi connectivity index (χ4v) is 2.53. The molecule has 0 bridgehead atoms. The molecular weight excluding hydrogens is 216 g/mol. The van der Waals surface area contributed by atoms with E-state index in [9.17, 15) is 0 Å². The molecule has 1 aliphatic rings. The van der Waals surface area contributed by atoms with E-state index in [0.29, 0.717) is 5.41 Å². The molecule has 2 rings (SSSR count). The van der Waals surface area contributed by atoms with Gasteiger partial charge < -0.3 is 0 Å². The molecule has 0 nitrogen and oxygen atoms in total. The Labute approximate surface area is 114 Å². The van der Waals surface area contributed by atoms with Crippen LogP contribution in [0.5, 0.6) is 0 Å². The van der Waals surface area contributed by atoms with Crippen molar-refractivity contribution in [3.8, 4) is 0 Å². The van der Waals surface area contributed by atoms with Crippen molar-refractivity contribution in [2.45, 2.75) is 71.6 Å². The first-order valence-corrected chi connectivity index (χ1v) is 7.59. The zero-order valence-electron chi connectivity index (χ0n) is 12.7. The van der Waals surface area contributed by atoms with Crippen molar-refractivity contribution in [1.82, 2.24) is 0 Å². The lowest BCUT2D eigenvalue weighted by Crippen LogP contribution is -2.10. The fraction of sp³-hybridized carbons (Fsp3) is 0.667. The molecule has 0 unspecified atom stereocenters. The van der Waals surface area contributed by atoms with Crippen LogP contribution in [0.25, 0.3) is 0 Å². The molecule has 1 fully saturated rings. The maximum Gasteiger partial charge on any atom is -0.0132 e. The van der Waals surface area contributed by atoms with Crippen molar-refractivity contribution < 1.29 is 0 Å². The van der Waals surface area contributed by atoms with Gasteiger partial charge in [0, 0.05) is 0 Å². The first-order valence-electron chi connectivity index (χ1n) is 7.59. The van der Waals surface area contributed by atoms with Gasteiger partial charge in [0.15, 0.2) is 0 Å². The Kier molecular flexibility index (Phi) is 6.46. The van der Waals surface area contributed by atoms with Gasteiger partial charge in [-0.05, 0) is 16.9 Å². The van der Waals surface area contributed by atoms with Gasteiger partial charge in [0.05, 0.1) is 0 Å². The molecule has 0 radical (unpaired) electrons. The van der Waals surface area contributed by atoms with Gasteiger partial charge in [0.2, 0.25) is 0 Å². The third-order valence-corrected chi connectivity index (χ3v) is 3.94. The Balaban J connectivity index is 0.000000184. The van der Waals surface area contributed by atoms with Crippen LogP contribution in [0.1, 0.15) is 71.8 Å².